The second-order valence-electron chi connectivity index (χ2n) is 5.77. The van der Waals surface area contributed by atoms with E-state index in [9.17, 15) is 9.59 Å². The Hall–Kier alpha value is -2.27. The number of carboxylic acid groups (broad SMARTS) is 1. The summed E-state index contributed by atoms with van der Waals surface area (Å²) in [5.41, 5.74) is 2.99. The van der Waals surface area contributed by atoms with E-state index in [1.54, 1.807) is 25.1 Å². The normalized spacial score (nSPS) is 11.8. The molecule has 0 aliphatic rings. The van der Waals surface area contributed by atoms with Crippen molar-refractivity contribution < 1.29 is 14.7 Å². The van der Waals surface area contributed by atoms with Gasteiger partial charge in [-0.2, -0.15) is 0 Å². The maximum absolute atomic E-state index is 12.4. The van der Waals surface area contributed by atoms with Crippen LogP contribution in [0.1, 0.15) is 35.3 Å². The van der Waals surface area contributed by atoms with Crippen LogP contribution < -0.4 is 5.32 Å². The lowest BCUT2D eigenvalue weighted by Crippen LogP contribution is -2.26. The maximum atomic E-state index is 12.4. The number of benzene rings is 2. The zero-order valence-corrected chi connectivity index (χ0v) is 15.3. The Bertz CT molecular complexity index is 728. The van der Waals surface area contributed by atoms with E-state index in [-0.39, 0.29) is 5.91 Å². The predicted octanol–water partition coefficient (Wildman–Crippen LogP) is 3.79. The number of hydrogen-bond acceptors (Lipinski definition) is 3. The molecule has 0 bridgehead atoms. The predicted molar refractivity (Wildman–Crippen MR) is 101 cm³/mol. The van der Waals surface area contributed by atoms with Gasteiger partial charge in [-0.25, -0.2) is 0 Å². The Labute approximate surface area is 152 Å². The minimum absolute atomic E-state index is 0.175. The number of aliphatic carboxylic acids is 1. The van der Waals surface area contributed by atoms with Gasteiger partial charge in [0.1, 0.15) is 5.25 Å². The van der Waals surface area contributed by atoms with Gasteiger partial charge in [-0.05, 0) is 43.0 Å². The van der Waals surface area contributed by atoms with Crippen LogP contribution in [0.15, 0.2) is 53.4 Å². The van der Waals surface area contributed by atoms with Crippen LogP contribution in [0.4, 0.5) is 0 Å². The van der Waals surface area contributed by atoms with Crippen molar-refractivity contribution in [2.45, 2.75) is 36.8 Å². The second kappa shape index (κ2) is 9.28. The highest BCUT2D eigenvalue weighted by Gasteiger charge is 2.17. The molecule has 0 heterocycles. The molecule has 1 amide bonds. The minimum Gasteiger partial charge on any atom is -0.480 e. The minimum atomic E-state index is -0.893. The largest absolute Gasteiger partial charge is 0.480 e. The van der Waals surface area contributed by atoms with Crippen molar-refractivity contribution in [3.8, 4) is 0 Å². The second-order valence-corrected chi connectivity index (χ2v) is 7.15. The van der Waals surface area contributed by atoms with Gasteiger partial charge in [-0.1, -0.05) is 43.3 Å². The summed E-state index contributed by atoms with van der Waals surface area (Å²) < 4.78 is 0. The summed E-state index contributed by atoms with van der Waals surface area (Å²) in [5, 5.41) is 11.4. The molecule has 0 fully saturated rings. The first-order chi connectivity index (χ1) is 12.0. The lowest BCUT2D eigenvalue weighted by Gasteiger charge is -2.12. The van der Waals surface area contributed by atoms with Crippen molar-refractivity contribution in [3.63, 3.8) is 0 Å². The van der Waals surface area contributed by atoms with E-state index in [1.165, 1.54) is 22.9 Å². The summed E-state index contributed by atoms with van der Waals surface area (Å²) >= 11 is 1.18. The zero-order valence-electron chi connectivity index (χ0n) is 14.5. The average molecular weight is 357 g/mol. The van der Waals surface area contributed by atoms with Crippen LogP contribution in [0.25, 0.3) is 0 Å². The molecule has 2 rings (SSSR count). The molecule has 2 aromatic rings. The van der Waals surface area contributed by atoms with Crippen molar-refractivity contribution in [2.24, 2.45) is 0 Å². The molecule has 0 aromatic heterocycles. The Kier molecular flexibility index (Phi) is 7.07. The lowest BCUT2D eigenvalue weighted by atomic mass is 10.1. The number of thioether (sulfide) groups is 1. The van der Waals surface area contributed by atoms with Crippen molar-refractivity contribution in [3.05, 3.63) is 65.2 Å². The highest BCUT2D eigenvalue weighted by atomic mass is 32.2. The Balaban J connectivity index is 1.95. The molecule has 0 saturated heterocycles. The number of rotatable bonds is 8. The van der Waals surface area contributed by atoms with Crippen LogP contribution in [0.2, 0.25) is 0 Å². The van der Waals surface area contributed by atoms with Crippen LogP contribution >= 0.6 is 11.8 Å². The van der Waals surface area contributed by atoms with Gasteiger partial charge >= 0.3 is 5.97 Å². The molecule has 0 aliphatic carbocycles. The number of aryl methyl sites for hydroxylation is 1. The topological polar surface area (TPSA) is 66.4 Å². The molecule has 25 heavy (non-hydrogen) atoms. The molecule has 2 aromatic carbocycles. The first kappa shape index (κ1) is 19.1. The van der Waals surface area contributed by atoms with Gasteiger partial charge in [0.15, 0.2) is 0 Å². The number of carbonyl (C=O) groups is 2. The summed E-state index contributed by atoms with van der Waals surface area (Å²) in [6, 6.07) is 15.5. The summed E-state index contributed by atoms with van der Waals surface area (Å²) in [6.45, 7) is 4.27. The fourth-order valence-electron chi connectivity index (χ4n) is 2.36. The zero-order chi connectivity index (χ0) is 18.2. The van der Waals surface area contributed by atoms with Gasteiger partial charge in [0.05, 0.1) is 5.56 Å². The number of carbonyl (C=O) groups excluding carboxylic acids is 1. The molecule has 5 heteroatoms. The van der Waals surface area contributed by atoms with Crippen LogP contribution in [-0.2, 0) is 17.6 Å². The van der Waals surface area contributed by atoms with E-state index in [0.717, 1.165) is 12.8 Å². The molecule has 4 nitrogen and oxygen atoms in total. The molecular formula is C20H23NO3S. The van der Waals surface area contributed by atoms with E-state index in [2.05, 4.69) is 36.5 Å². The van der Waals surface area contributed by atoms with Crippen molar-refractivity contribution in [2.75, 3.05) is 6.54 Å². The van der Waals surface area contributed by atoms with E-state index in [4.69, 9.17) is 5.11 Å². The summed E-state index contributed by atoms with van der Waals surface area (Å²) in [7, 11) is 0. The van der Waals surface area contributed by atoms with Crippen molar-refractivity contribution >= 4 is 23.6 Å². The fraction of sp³-hybridized carbons (Fsp3) is 0.300. The molecule has 132 valence electrons. The van der Waals surface area contributed by atoms with Crippen LogP contribution in [0.5, 0.6) is 0 Å². The number of hydrogen-bond donors (Lipinski definition) is 2. The third-order valence-corrected chi connectivity index (χ3v) is 5.08. The number of carboxylic acids is 1. The van der Waals surface area contributed by atoms with Crippen LogP contribution in [0, 0.1) is 0 Å². The van der Waals surface area contributed by atoms with Gasteiger partial charge in [0.2, 0.25) is 0 Å². The van der Waals surface area contributed by atoms with E-state index >= 15 is 0 Å². The Morgan fingerprint density at radius 2 is 1.72 bits per heavy atom. The number of amides is 1. The van der Waals surface area contributed by atoms with Crippen molar-refractivity contribution in [1.29, 1.82) is 0 Å². The smallest absolute Gasteiger partial charge is 0.316 e. The number of nitrogens with one attached hydrogen (secondary N) is 1. The Morgan fingerprint density at radius 1 is 1.08 bits per heavy atom. The molecule has 0 aliphatic heterocycles. The summed E-state index contributed by atoms with van der Waals surface area (Å²) in [4.78, 5) is 24.2. The molecule has 1 atom stereocenters. The molecule has 0 radical (unpaired) electrons. The lowest BCUT2D eigenvalue weighted by molar-refractivity contribution is -0.136. The van der Waals surface area contributed by atoms with E-state index in [1.807, 2.05) is 6.07 Å². The molecule has 1 unspecified atom stereocenters. The van der Waals surface area contributed by atoms with Gasteiger partial charge in [-0.15, -0.1) is 11.8 Å². The summed E-state index contributed by atoms with van der Waals surface area (Å²) in [5.74, 6) is -1.07. The third-order valence-electron chi connectivity index (χ3n) is 3.91. The standard InChI is InChI=1S/C20H23NO3S/c1-3-15-8-10-16(11-9-15)12-13-21-19(22)17-6-4-5-7-18(17)25-14(2)20(23)24/h4-11,14H,3,12-13H2,1-2H3,(H,21,22)(H,23,24). The highest BCUT2D eigenvalue weighted by Crippen LogP contribution is 2.26. The van der Waals surface area contributed by atoms with Gasteiger partial charge in [-0.3, -0.25) is 9.59 Å². The average Bonchev–Trinajstić information content (AvgIpc) is 2.62. The molecule has 0 saturated carbocycles. The third kappa shape index (κ3) is 5.64. The highest BCUT2D eigenvalue weighted by molar-refractivity contribution is 8.00. The quantitative estimate of drug-likeness (QED) is 0.706. The molecule has 2 N–H and O–H groups in total. The van der Waals surface area contributed by atoms with Crippen LogP contribution in [0.3, 0.4) is 0 Å². The van der Waals surface area contributed by atoms with E-state index in [0.29, 0.717) is 17.0 Å². The maximum Gasteiger partial charge on any atom is 0.316 e. The molecule has 0 spiro atoms. The van der Waals surface area contributed by atoms with Crippen LogP contribution in [-0.4, -0.2) is 28.8 Å². The van der Waals surface area contributed by atoms with Gasteiger partial charge < -0.3 is 10.4 Å². The SMILES string of the molecule is CCc1ccc(CCNC(=O)c2ccccc2SC(C)C(=O)O)cc1. The summed E-state index contributed by atoms with van der Waals surface area (Å²) in [6.07, 6.45) is 1.77. The Morgan fingerprint density at radius 3 is 2.36 bits per heavy atom. The fourth-order valence-corrected chi connectivity index (χ4v) is 3.28. The first-order valence-electron chi connectivity index (χ1n) is 8.35. The molecular weight excluding hydrogens is 334 g/mol. The van der Waals surface area contributed by atoms with Gasteiger partial charge in [0, 0.05) is 11.4 Å². The van der Waals surface area contributed by atoms with Crippen molar-refractivity contribution in [1.82, 2.24) is 5.32 Å². The first-order valence-corrected chi connectivity index (χ1v) is 9.23. The van der Waals surface area contributed by atoms with E-state index < -0.39 is 11.2 Å². The monoisotopic (exact) mass is 357 g/mol. The van der Waals surface area contributed by atoms with Gasteiger partial charge in [0.25, 0.3) is 5.91 Å².